The van der Waals surface area contributed by atoms with Crippen LogP contribution in [0.15, 0.2) is 24.3 Å². The molecule has 3 nitrogen and oxygen atoms in total. The van der Waals surface area contributed by atoms with Crippen molar-refractivity contribution in [1.29, 1.82) is 0 Å². The summed E-state index contributed by atoms with van der Waals surface area (Å²) in [5.41, 5.74) is 1.24. The fraction of sp³-hybridized carbons (Fsp3) is 0.647. The van der Waals surface area contributed by atoms with E-state index < -0.39 is 0 Å². The molecule has 1 N–H and O–H groups in total. The van der Waals surface area contributed by atoms with Gasteiger partial charge in [0.15, 0.2) is 0 Å². The Morgan fingerprint density at radius 3 is 2.35 bits per heavy atom. The molecular weight excluding hydrogens is 250 g/mol. The van der Waals surface area contributed by atoms with Crippen molar-refractivity contribution < 1.29 is 9.47 Å². The molecule has 0 fully saturated rings. The third-order valence-corrected chi connectivity index (χ3v) is 3.35. The molecule has 0 bridgehead atoms. The van der Waals surface area contributed by atoms with Crippen LogP contribution in [0.5, 0.6) is 5.75 Å². The Bertz CT molecular complexity index is 351. The fourth-order valence-corrected chi connectivity index (χ4v) is 2.11. The number of ether oxygens (including phenoxy) is 2. The van der Waals surface area contributed by atoms with E-state index in [1.165, 1.54) is 5.56 Å². The van der Waals surface area contributed by atoms with Gasteiger partial charge in [0.2, 0.25) is 0 Å². The first-order valence-electron chi connectivity index (χ1n) is 7.72. The van der Waals surface area contributed by atoms with Crippen molar-refractivity contribution in [2.24, 2.45) is 0 Å². The molecule has 0 amide bonds. The molecule has 0 aliphatic carbocycles. The van der Waals surface area contributed by atoms with E-state index in [1.54, 1.807) is 0 Å². The Hall–Kier alpha value is -1.06. The van der Waals surface area contributed by atoms with Gasteiger partial charge >= 0.3 is 0 Å². The van der Waals surface area contributed by atoms with E-state index in [0.29, 0.717) is 12.7 Å². The monoisotopic (exact) mass is 279 g/mol. The third kappa shape index (κ3) is 5.93. The minimum absolute atomic E-state index is 0.231. The number of rotatable bonds is 10. The van der Waals surface area contributed by atoms with E-state index in [1.807, 2.05) is 19.2 Å². The maximum Gasteiger partial charge on any atom is 0.119 e. The molecule has 20 heavy (non-hydrogen) atoms. The Morgan fingerprint density at radius 2 is 1.80 bits per heavy atom. The quantitative estimate of drug-likeness (QED) is 0.703. The number of likely N-dealkylation sites (N-methyl/N-ethyl adjacent to an activating group) is 1. The van der Waals surface area contributed by atoms with Crippen molar-refractivity contribution in [3.05, 3.63) is 29.8 Å². The van der Waals surface area contributed by atoms with Crippen LogP contribution >= 0.6 is 0 Å². The highest BCUT2D eigenvalue weighted by molar-refractivity contribution is 5.29. The normalized spacial score (nSPS) is 14.0. The summed E-state index contributed by atoms with van der Waals surface area (Å²) in [4.78, 5) is 0. The molecule has 1 rings (SSSR count). The molecule has 1 aromatic rings. The average Bonchev–Trinajstić information content (AvgIpc) is 2.47. The maximum atomic E-state index is 5.89. The summed E-state index contributed by atoms with van der Waals surface area (Å²) in [5.74, 6) is 0.936. The number of nitrogens with one attached hydrogen (secondary N) is 1. The van der Waals surface area contributed by atoms with Crippen molar-refractivity contribution in [3.8, 4) is 5.75 Å². The summed E-state index contributed by atoms with van der Waals surface area (Å²) in [5, 5.41) is 3.31. The van der Waals surface area contributed by atoms with Crippen LogP contribution in [0.4, 0.5) is 0 Å². The lowest BCUT2D eigenvalue weighted by atomic mass is 10.1. The fourth-order valence-electron chi connectivity index (χ4n) is 2.11. The zero-order valence-corrected chi connectivity index (χ0v) is 13.3. The lowest BCUT2D eigenvalue weighted by molar-refractivity contribution is 0.0453. The molecular formula is C17H29NO2. The summed E-state index contributed by atoms with van der Waals surface area (Å²) in [7, 11) is 1.97. The highest BCUT2D eigenvalue weighted by Gasteiger charge is 2.11. The van der Waals surface area contributed by atoms with Gasteiger partial charge in [0.25, 0.3) is 0 Å². The van der Waals surface area contributed by atoms with Crippen LogP contribution < -0.4 is 10.1 Å². The van der Waals surface area contributed by atoms with Crippen LogP contribution in [-0.2, 0) is 4.74 Å². The number of benzene rings is 1. The molecule has 0 aliphatic heterocycles. The Labute approximate surface area is 123 Å². The van der Waals surface area contributed by atoms with E-state index in [-0.39, 0.29) is 6.04 Å². The molecule has 2 atom stereocenters. The van der Waals surface area contributed by atoms with Crippen molar-refractivity contribution in [3.63, 3.8) is 0 Å². The first-order valence-corrected chi connectivity index (χ1v) is 7.72. The van der Waals surface area contributed by atoms with Gasteiger partial charge in [-0.3, -0.25) is 0 Å². The van der Waals surface area contributed by atoms with Gasteiger partial charge < -0.3 is 14.8 Å². The minimum Gasteiger partial charge on any atom is -0.494 e. The molecule has 1 aromatic carbocycles. The van der Waals surface area contributed by atoms with Gasteiger partial charge in [-0.25, -0.2) is 0 Å². The van der Waals surface area contributed by atoms with Crippen molar-refractivity contribution in [1.82, 2.24) is 5.32 Å². The molecule has 0 radical (unpaired) electrons. The Morgan fingerprint density at radius 1 is 1.10 bits per heavy atom. The van der Waals surface area contributed by atoms with Gasteiger partial charge in [-0.1, -0.05) is 32.4 Å². The second-order valence-corrected chi connectivity index (χ2v) is 5.19. The van der Waals surface area contributed by atoms with E-state index in [2.05, 4.69) is 38.2 Å². The molecule has 114 valence electrons. The smallest absolute Gasteiger partial charge is 0.119 e. The predicted molar refractivity (Wildman–Crippen MR) is 84.4 cm³/mol. The van der Waals surface area contributed by atoms with Crippen LogP contribution in [0, 0.1) is 0 Å². The van der Waals surface area contributed by atoms with Crippen LogP contribution in [0.3, 0.4) is 0 Å². The number of hydrogen-bond acceptors (Lipinski definition) is 3. The van der Waals surface area contributed by atoms with Gasteiger partial charge in [0, 0.05) is 0 Å². The van der Waals surface area contributed by atoms with E-state index in [9.17, 15) is 0 Å². The van der Waals surface area contributed by atoms with Crippen molar-refractivity contribution in [2.45, 2.75) is 52.2 Å². The van der Waals surface area contributed by atoms with Crippen LogP contribution in [0.2, 0.25) is 0 Å². The molecule has 0 saturated carbocycles. The number of hydrogen-bond donors (Lipinski definition) is 1. The van der Waals surface area contributed by atoms with Crippen LogP contribution in [0.25, 0.3) is 0 Å². The average molecular weight is 279 g/mol. The lowest BCUT2D eigenvalue weighted by Crippen LogP contribution is -2.24. The first kappa shape index (κ1) is 17.0. The van der Waals surface area contributed by atoms with Crippen LogP contribution in [-0.4, -0.2) is 26.4 Å². The standard InChI is InChI=1S/C17H29NO2/c1-5-7-14(3)20-13-17(18-4)15-8-10-16(11-9-15)19-12-6-2/h8-11,14,17-18H,5-7,12-13H2,1-4H3. The molecule has 0 spiro atoms. The third-order valence-electron chi connectivity index (χ3n) is 3.35. The topological polar surface area (TPSA) is 30.5 Å². The zero-order chi connectivity index (χ0) is 14.8. The lowest BCUT2D eigenvalue weighted by Gasteiger charge is -2.20. The van der Waals surface area contributed by atoms with Gasteiger partial charge in [-0.2, -0.15) is 0 Å². The largest absolute Gasteiger partial charge is 0.494 e. The van der Waals surface area contributed by atoms with E-state index in [4.69, 9.17) is 9.47 Å². The second-order valence-electron chi connectivity index (χ2n) is 5.19. The predicted octanol–water partition coefficient (Wildman–Crippen LogP) is 3.94. The van der Waals surface area contributed by atoms with Crippen molar-refractivity contribution in [2.75, 3.05) is 20.3 Å². The van der Waals surface area contributed by atoms with E-state index >= 15 is 0 Å². The van der Waals surface area contributed by atoms with E-state index in [0.717, 1.165) is 31.6 Å². The minimum atomic E-state index is 0.231. The molecule has 3 heteroatoms. The van der Waals surface area contributed by atoms with Gasteiger partial charge in [0.05, 0.1) is 25.4 Å². The highest BCUT2D eigenvalue weighted by atomic mass is 16.5. The van der Waals surface area contributed by atoms with Gasteiger partial charge in [-0.15, -0.1) is 0 Å². The summed E-state index contributed by atoms with van der Waals surface area (Å²) in [6.45, 7) is 7.90. The molecule has 0 saturated heterocycles. The molecule has 2 unspecified atom stereocenters. The van der Waals surface area contributed by atoms with Gasteiger partial charge in [-0.05, 0) is 44.5 Å². The summed E-state index contributed by atoms with van der Waals surface area (Å²) >= 11 is 0. The molecule has 0 heterocycles. The highest BCUT2D eigenvalue weighted by Crippen LogP contribution is 2.19. The first-order chi connectivity index (χ1) is 9.71. The summed E-state index contributed by atoms with van der Waals surface area (Å²) < 4.78 is 11.5. The zero-order valence-electron chi connectivity index (χ0n) is 13.3. The molecule has 0 aromatic heterocycles. The maximum absolute atomic E-state index is 5.89. The Kier molecular flexibility index (Phi) is 8.31. The second kappa shape index (κ2) is 9.78. The molecule has 0 aliphatic rings. The van der Waals surface area contributed by atoms with Crippen molar-refractivity contribution >= 4 is 0 Å². The summed E-state index contributed by atoms with van der Waals surface area (Å²) in [6, 6.07) is 8.52. The SMILES string of the molecule is CCCOc1ccc(C(COC(C)CCC)NC)cc1. The summed E-state index contributed by atoms with van der Waals surface area (Å²) in [6.07, 6.45) is 3.63. The Balaban J connectivity index is 2.52. The van der Waals surface area contributed by atoms with Crippen LogP contribution in [0.1, 0.15) is 51.6 Å². The van der Waals surface area contributed by atoms with Gasteiger partial charge in [0.1, 0.15) is 5.75 Å².